The van der Waals surface area contributed by atoms with Crippen molar-refractivity contribution in [3.8, 4) is 5.75 Å². The zero-order valence-corrected chi connectivity index (χ0v) is 14.5. The Balaban J connectivity index is 1.73. The number of carbonyl (C=O) groups is 2. The van der Waals surface area contributed by atoms with E-state index < -0.39 is 6.03 Å². The summed E-state index contributed by atoms with van der Waals surface area (Å²) in [6, 6.07) is 14.4. The molecule has 2 N–H and O–H groups in total. The maximum Gasteiger partial charge on any atom is 0.325 e. The molecule has 0 aliphatic carbocycles. The Kier molecular flexibility index (Phi) is 6.69. The topological polar surface area (TPSA) is 67.4 Å². The lowest BCUT2D eigenvalue weighted by Gasteiger charge is -2.08. The predicted octanol–water partition coefficient (Wildman–Crippen LogP) is 3.59. The van der Waals surface area contributed by atoms with Crippen LogP contribution in [0.15, 0.2) is 48.5 Å². The molecule has 2 rings (SSSR count). The second-order valence-corrected chi connectivity index (χ2v) is 6.14. The molecule has 0 radical (unpaired) electrons. The number of rotatable bonds is 6. The number of imide groups is 1. The first-order chi connectivity index (χ1) is 11.6. The number of methoxy groups -OCH3 is 1. The average Bonchev–Trinajstić information content (AvgIpc) is 2.57. The van der Waals surface area contributed by atoms with E-state index in [0.29, 0.717) is 11.4 Å². The zero-order valence-electron chi connectivity index (χ0n) is 13.7. The monoisotopic (exact) mass is 344 g/mol. The molecule has 0 fully saturated rings. The van der Waals surface area contributed by atoms with E-state index in [1.807, 2.05) is 31.2 Å². The van der Waals surface area contributed by atoms with Gasteiger partial charge in [0.2, 0.25) is 5.91 Å². The van der Waals surface area contributed by atoms with Gasteiger partial charge in [-0.15, -0.1) is 11.8 Å². The van der Waals surface area contributed by atoms with Crippen LogP contribution < -0.4 is 15.4 Å². The van der Waals surface area contributed by atoms with Crippen molar-refractivity contribution in [3.63, 3.8) is 0 Å². The number of hydrogen-bond donors (Lipinski definition) is 2. The van der Waals surface area contributed by atoms with Gasteiger partial charge in [0.1, 0.15) is 5.75 Å². The third-order valence-corrected chi connectivity index (χ3v) is 4.33. The number of amides is 3. The molecule has 0 atom stereocenters. The third kappa shape index (κ3) is 5.62. The van der Waals surface area contributed by atoms with Gasteiger partial charge in [-0.3, -0.25) is 10.1 Å². The van der Waals surface area contributed by atoms with Gasteiger partial charge in [-0.1, -0.05) is 24.3 Å². The summed E-state index contributed by atoms with van der Waals surface area (Å²) in [4.78, 5) is 23.6. The van der Waals surface area contributed by atoms with Crippen LogP contribution in [0.5, 0.6) is 5.75 Å². The van der Waals surface area contributed by atoms with E-state index in [-0.39, 0.29) is 11.7 Å². The number of carbonyl (C=O) groups excluding carboxylic acids is 2. The fourth-order valence-electron chi connectivity index (χ4n) is 2.03. The summed E-state index contributed by atoms with van der Waals surface area (Å²) < 4.78 is 5.04. The normalized spacial score (nSPS) is 10.1. The molecule has 0 heterocycles. The lowest BCUT2D eigenvalue weighted by Crippen LogP contribution is -2.35. The molecule has 2 aromatic carbocycles. The maximum absolute atomic E-state index is 11.8. The molecular formula is C18H20N2O3S. The van der Waals surface area contributed by atoms with E-state index in [9.17, 15) is 9.59 Å². The molecule has 5 nitrogen and oxygen atoms in total. The zero-order chi connectivity index (χ0) is 17.4. The largest absolute Gasteiger partial charge is 0.497 e. The van der Waals surface area contributed by atoms with Gasteiger partial charge in [-0.2, -0.15) is 0 Å². The first-order valence-electron chi connectivity index (χ1n) is 7.45. The lowest BCUT2D eigenvalue weighted by molar-refractivity contribution is -0.117. The van der Waals surface area contributed by atoms with Gasteiger partial charge in [0.05, 0.1) is 12.9 Å². The van der Waals surface area contributed by atoms with Gasteiger partial charge in [0.25, 0.3) is 0 Å². The minimum absolute atomic E-state index is 0.227. The molecule has 0 bridgehead atoms. The molecule has 2 aromatic rings. The van der Waals surface area contributed by atoms with Crippen molar-refractivity contribution in [2.24, 2.45) is 0 Å². The van der Waals surface area contributed by atoms with Crippen LogP contribution in [-0.4, -0.2) is 24.8 Å². The summed E-state index contributed by atoms with van der Waals surface area (Å²) in [6.07, 6.45) is 0. The fraction of sp³-hybridized carbons (Fsp3) is 0.222. The minimum atomic E-state index is -0.540. The molecule has 3 amide bonds. The molecule has 126 valence electrons. The number of nitrogens with one attached hydrogen (secondary N) is 2. The van der Waals surface area contributed by atoms with E-state index in [2.05, 4.69) is 10.6 Å². The molecule has 6 heteroatoms. The van der Waals surface area contributed by atoms with Crippen LogP contribution >= 0.6 is 11.8 Å². The SMILES string of the molecule is COc1ccc(NC(=O)NC(=O)CSCc2ccccc2C)cc1. The molecule has 0 aromatic heterocycles. The number of benzene rings is 2. The van der Waals surface area contributed by atoms with Crippen LogP contribution in [0.2, 0.25) is 0 Å². The summed E-state index contributed by atoms with van der Waals surface area (Å²) in [5.41, 5.74) is 2.98. The number of aryl methyl sites for hydroxylation is 1. The van der Waals surface area contributed by atoms with Crippen LogP contribution in [0.3, 0.4) is 0 Å². The first-order valence-corrected chi connectivity index (χ1v) is 8.61. The summed E-state index contributed by atoms with van der Waals surface area (Å²) in [6.45, 7) is 2.04. The smallest absolute Gasteiger partial charge is 0.325 e. The Morgan fingerprint density at radius 2 is 1.79 bits per heavy atom. The number of urea groups is 1. The first kappa shape index (κ1) is 17.9. The van der Waals surface area contributed by atoms with Crippen molar-refractivity contribution in [2.75, 3.05) is 18.2 Å². The minimum Gasteiger partial charge on any atom is -0.497 e. The number of anilines is 1. The summed E-state index contributed by atoms with van der Waals surface area (Å²) in [5.74, 6) is 1.34. The van der Waals surface area contributed by atoms with Crippen LogP contribution in [0, 0.1) is 6.92 Å². The average molecular weight is 344 g/mol. The van der Waals surface area contributed by atoms with Gasteiger partial charge in [0, 0.05) is 11.4 Å². The highest BCUT2D eigenvalue weighted by atomic mass is 32.2. The highest BCUT2D eigenvalue weighted by Gasteiger charge is 2.08. The van der Waals surface area contributed by atoms with Crippen molar-refractivity contribution in [3.05, 3.63) is 59.7 Å². The second kappa shape index (κ2) is 8.98. The molecule has 0 saturated heterocycles. The Morgan fingerprint density at radius 3 is 2.46 bits per heavy atom. The van der Waals surface area contributed by atoms with Gasteiger partial charge in [0.15, 0.2) is 0 Å². The Hall–Kier alpha value is -2.47. The second-order valence-electron chi connectivity index (χ2n) is 5.15. The summed E-state index contributed by atoms with van der Waals surface area (Å²) in [5, 5.41) is 4.92. The van der Waals surface area contributed by atoms with Gasteiger partial charge in [-0.25, -0.2) is 4.79 Å². The van der Waals surface area contributed by atoms with Crippen LogP contribution in [0.4, 0.5) is 10.5 Å². The van der Waals surface area contributed by atoms with Gasteiger partial charge < -0.3 is 10.1 Å². The van der Waals surface area contributed by atoms with E-state index in [4.69, 9.17) is 4.74 Å². The number of ether oxygens (including phenoxy) is 1. The van der Waals surface area contributed by atoms with Crippen molar-refractivity contribution >= 4 is 29.4 Å². The predicted molar refractivity (Wildman–Crippen MR) is 97.5 cm³/mol. The highest BCUT2D eigenvalue weighted by molar-refractivity contribution is 7.99. The van der Waals surface area contributed by atoms with Crippen molar-refractivity contribution in [2.45, 2.75) is 12.7 Å². The van der Waals surface area contributed by atoms with Crippen molar-refractivity contribution in [1.29, 1.82) is 0 Å². The lowest BCUT2D eigenvalue weighted by atomic mass is 10.1. The highest BCUT2D eigenvalue weighted by Crippen LogP contribution is 2.16. The molecule has 24 heavy (non-hydrogen) atoms. The Morgan fingerprint density at radius 1 is 1.08 bits per heavy atom. The molecular weight excluding hydrogens is 324 g/mol. The fourth-order valence-corrected chi connectivity index (χ4v) is 2.93. The molecule has 0 unspecified atom stereocenters. The Bertz CT molecular complexity index is 702. The van der Waals surface area contributed by atoms with Crippen LogP contribution in [-0.2, 0) is 10.5 Å². The third-order valence-electron chi connectivity index (χ3n) is 3.35. The van der Waals surface area contributed by atoms with E-state index in [1.165, 1.54) is 22.9 Å². The molecule has 0 aliphatic rings. The van der Waals surface area contributed by atoms with Gasteiger partial charge >= 0.3 is 6.03 Å². The van der Waals surface area contributed by atoms with E-state index in [1.54, 1.807) is 31.4 Å². The van der Waals surface area contributed by atoms with Gasteiger partial charge in [-0.05, 0) is 42.3 Å². The van der Waals surface area contributed by atoms with E-state index >= 15 is 0 Å². The van der Waals surface area contributed by atoms with E-state index in [0.717, 1.165) is 5.75 Å². The quantitative estimate of drug-likeness (QED) is 0.840. The van der Waals surface area contributed by atoms with Crippen LogP contribution in [0.1, 0.15) is 11.1 Å². The molecule has 0 spiro atoms. The molecule has 0 saturated carbocycles. The number of hydrogen-bond acceptors (Lipinski definition) is 4. The summed E-state index contributed by atoms with van der Waals surface area (Å²) >= 11 is 1.47. The maximum atomic E-state index is 11.8. The van der Waals surface area contributed by atoms with Crippen LogP contribution in [0.25, 0.3) is 0 Å². The molecule has 0 aliphatic heterocycles. The number of thioether (sulfide) groups is 1. The van der Waals surface area contributed by atoms with Crippen molar-refractivity contribution < 1.29 is 14.3 Å². The Labute approximate surface area is 145 Å². The summed E-state index contributed by atoms with van der Waals surface area (Å²) in [7, 11) is 1.57. The van der Waals surface area contributed by atoms with Crippen molar-refractivity contribution in [1.82, 2.24) is 5.32 Å². The standard InChI is InChI=1S/C18H20N2O3S/c1-13-5-3-4-6-14(13)11-24-12-17(21)20-18(22)19-15-7-9-16(23-2)10-8-15/h3-10H,11-12H2,1-2H3,(H2,19,20,21,22).